The lowest BCUT2D eigenvalue weighted by atomic mass is 10.1. The van der Waals surface area contributed by atoms with Crippen LogP contribution in [-0.4, -0.2) is 22.6 Å². The van der Waals surface area contributed by atoms with E-state index in [-0.39, 0.29) is 0 Å². The number of rotatable bonds is 5. The molecule has 1 aromatic heterocycles. The van der Waals surface area contributed by atoms with E-state index in [0.717, 1.165) is 27.4 Å². The fourth-order valence-electron chi connectivity index (χ4n) is 1.98. The van der Waals surface area contributed by atoms with Gasteiger partial charge < -0.3 is 15.4 Å². The van der Waals surface area contributed by atoms with Crippen LogP contribution in [0.5, 0.6) is 0 Å². The predicted octanol–water partition coefficient (Wildman–Crippen LogP) is 3.06. The first-order valence-electron chi connectivity index (χ1n) is 5.86. The van der Waals surface area contributed by atoms with Crippen molar-refractivity contribution in [3.63, 3.8) is 0 Å². The Morgan fingerprint density at radius 2 is 2.33 bits per heavy atom. The number of carbonyl (C=O) groups is 1. The fraction of sp³-hybridized carbons (Fsp3) is 0.308. The van der Waals surface area contributed by atoms with Crippen molar-refractivity contribution in [3.05, 3.63) is 34.4 Å². The minimum absolute atomic E-state index is 0.667. The Morgan fingerprint density at radius 1 is 1.56 bits per heavy atom. The quantitative estimate of drug-likeness (QED) is 0.795. The number of fused-ring (bicyclic) bond motifs is 1. The van der Waals surface area contributed by atoms with Crippen LogP contribution in [0.3, 0.4) is 0 Å². The molecule has 0 bridgehead atoms. The molecule has 0 spiro atoms. The summed E-state index contributed by atoms with van der Waals surface area (Å²) in [6.07, 6.45) is 2.66. The Bertz CT molecular complexity index is 565. The van der Waals surface area contributed by atoms with Crippen LogP contribution < -0.4 is 5.32 Å². The molecule has 0 amide bonds. The van der Waals surface area contributed by atoms with E-state index in [4.69, 9.17) is 0 Å². The standard InChI is InChI=1S/C13H15BrN2O2/c1-2-5-15-12(13(17)18)10-7-16-11-6-8(14)3-4-9(10)11/h3-4,6-7,12,15-16H,2,5H2,1H3,(H,17,18). The van der Waals surface area contributed by atoms with Gasteiger partial charge in [0.05, 0.1) is 0 Å². The molecule has 0 aliphatic heterocycles. The van der Waals surface area contributed by atoms with Gasteiger partial charge in [0.15, 0.2) is 0 Å². The molecule has 2 rings (SSSR count). The molecule has 0 radical (unpaired) electrons. The molecule has 4 nitrogen and oxygen atoms in total. The van der Waals surface area contributed by atoms with E-state index < -0.39 is 12.0 Å². The summed E-state index contributed by atoms with van der Waals surface area (Å²) in [5, 5.41) is 13.3. The molecule has 5 heteroatoms. The third kappa shape index (κ3) is 2.57. The van der Waals surface area contributed by atoms with Crippen molar-refractivity contribution in [3.8, 4) is 0 Å². The Hall–Kier alpha value is -1.33. The van der Waals surface area contributed by atoms with E-state index in [1.54, 1.807) is 6.20 Å². The molecular weight excluding hydrogens is 296 g/mol. The highest BCUT2D eigenvalue weighted by Gasteiger charge is 2.21. The Balaban J connectivity index is 2.41. The maximum absolute atomic E-state index is 11.3. The molecule has 2 aromatic rings. The Kier molecular flexibility index (Phi) is 4.04. The van der Waals surface area contributed by atoms with E-state index in [1.165, 1.54) is 0 Å². The summed E-state index contributed by atoms with van der Waals surface area (Å²) in [5.74, 6) is -0.854. The summed E-state index contributed by atoms with van der Waals surface area (Å²) in [6, 6.07) is 5.12. The maximum atomic E-state index is 11.3. The van der Waals surface area contributed by atoms with Gasteiger partial charge in [0, 0.05) is 27.1 Å². The molecule has 3 N–H and O–H groups in total. The van der Waals surface area contributed by atoms with E-state index in [9.17, 15) is 9.90 Å². The van der Waals surface area contributed by atoms with E-state index in [2.05, 4.69) is 26.2 Å². The normalized spacial score (nSPS) is 12.8. The molecule has 18 heavy (non-hydrogen) atoms. The monoisotopic (exact) mass is 310 g/mol. The van der Waals surface area contributed by atoms with Crippen molar-refractivity contribution in [2.24, 2.45) is 0 Å². The lowest BCUT2D eigenvalue weighted by Gasteiger charge is -2.13. The number of carboxylic acid groups (broad SMARTS) is 1. The average Bonchev–Trinajstić information content (AvgIpc) is 2.72. The van der Waals surface area contributed by atoms with E-state index in [0.29, 0.717) is 6.54 Å². The van der Waals surface area contributed by atoms with Crippen molar-refractivity contribution in [2.45, 2.75) is 19.4 Å². The molecule has 0 aliphatic carbocycles. The van der Waals surface area contributed by atoms with Crippen molar-refractivity contribution in [1.29, 1.82) is 0 Å². The van der Waals surface area contributed by atoms with Crippen LogP contribution in [0.15, 0.2) is 28.9 Å². The number of aliphatic carboxylic acids is 1. The minimum atomic E-state index is -0.854. The summed E-state index contributed by atoms with van der Waals surface area (Å²) in [6.45, 7) is 2.69. The van der Waals surface area contributed by atoms with Crippen molar-refractivity contribution in [2.75, 3.05) is 6.54 Å². The van der Waals surface area contributed by atoms with Gasteiger partial charge in [-0.2, -0.15) is 0 Å². The van der Waals surface area contributed by atoms with Crippen molar-refractivity contribution in [1.82, 2.24) is 10.3 Å². The molecule has 0 saturated heterocycles. The predicted molar refractivity (Wildman–Crippen MR) is 74.7 cm³/mol. The Labute approximate surface area is 114 Å². The van der Waals surface area contributed by atoms with Crippen LogP contribution in [0.4, 0.5) is 0 Å². The highest BCUT2D eigenvalue weighted by atomic mass is 79.9. The third-order valence-corrected chi connectivity index (χ3v) is 3.33. The first-order chi connectivity index (χ1) is 8.63. The average molecular weight is 311 g/mol. The molecule has 1 heterocycles. The summed E-state index contributed by atoms with van der Waals surface area (Å²) >= 11 is 3.40. The van der Waals surface area contributed by atoms with E-state index in [1.807, 2.05) is 25.1 Å². The third-order valence-electron chi connectivity index (χ3n) is 2.83. The van der Waals surface area contributed by atoms with Crippen LogP contribution >= 0.6 is 15.9 Å². The van der Waals surface area contributed by atoms with Crippen LogP contribution in [0, 0.1) is 0 Å². The van der Waals surface area contributed by atoms with Crippen molar-refractivity contribution >= 4 is 32.8 Å². The molecule has 0 fully saturated rings. The molecule has 1 atom stereocenters. The number of aromatic amines is 1. The summed E-state index contributed by atoms with van der Waals surface area (Å²) < 4.78 is 0.969. The minimum Gasteiger partial charge on any atom is -0.480 e. The number of aromatic nitrogens is 1. The Morgan fingerprint density at radius 3 is 3.00 bits per heavy atom. The van der Waals surface area contributed by atoms with Crippen LogP contribution in [0.2, 0.25) is 0 Å². The van der Waals surface area contributed by atoms with Gasteiger partial charge in [-0.3, -0.25) is 4.79 Å². The zero-order chi connectivity index (χ0) is 13.1. The van der Waals surface area contributed by atoms with Gasteiger partial charge in [-0.05, 0) is 25.1 Å². The number of halogens is 1. The van der Waals surface area contributed by atoms with Gasteiger partial charge >= 0.3 is 5.97 Å². The second-order valence-corrected chi connectivity index (χ2v) is 5.07. The molecule has 1 unspecified atom stereocenters. The van der Waals surface area contributed by atoms with Crippen LogP contribution in [-0.2, 0) is 4.79 Å². The zero-order valence-electron chi connectivity index (χ0n) is 10.0. The first-order valence-corrected chi connectivity index (χ1v) is 6.65. The highest BCUT2D eigenvalue weighted by Crippen LogP contribution is 2.26. The number of hydrogen-bond donors (Lipinski definition) is 3. The molecular formula is C13H15BrN2O2. The fourth-order valence-corrected chi connectivity index (χ4v) is 2.34. The first kappa shape index (κ1) is 13.1. The SMILES string of the molecule is CCCNC(C(=O)O)c1c[nH]c2cc(Br)ccc12. The number of H-pyrrole nitrogens is 1. The molecule has 0 saturated carbocycles. The number of benzene rings is 1. The number of nitrogens with one attached hydrogen (secondary N) is 2. The topological polar surface area (TPSA) is 65.1 Å². The van der Waals surface area contributed by atoms with Crippen LogP contribution in [0.25, 0.3) is 10.9 Å². The number of hydrogen-bond acceptors (Lipinski definition) is 2. The molecule has 1 aromatic carbocycles. The number of carboxylic acids is 1. The zero-order valence-corrected chi connectivity index (χ0v) is 11.6. The van der Waals surface area contributed by atoms with Gasteiger partial charge in [0.1, 0.15) is 6.04 Å². The summed E-state index contributed by atoms with van der Waals surface area (Å²) in [5.41, 5.74) is 1.71. The van der Waals surface area contributed by atoms with Gasteiger partial charge in [0.25, 0.3) is 0 Å². The van der Waals surface area contributed by atoms with Gasteiger partial charge in [-0.1, -0.05) is 28.9 Å². The van der Waals surface area contributed by atoms with Gasteiger partial charge in [-0.15, -0.1) is 0 Å². The summed E-state index contributed by atoms with van der Waals surface area (Å²) in [4.78, 5) is 14.4. The van der Waals surface area contributed by atoms with Crippen LogP contribution in [0.1, 0.15) is 24.9 Å². The summed E-state index contributed by atoms with van der Waals surface area (Å²) in [7, 11) is 0. The smallest absolute Gasteiger partial charge is 0.325 e. The van der Waals surface area contributed by atoms with Gasteiger partial charge in [-0.25, -0.2) is 0 Å². The molecule has 0 aliphatic rings. The second kappa shape index (κ2) is 5.54. The lowest BCUT2D eigenvalue weighted by molar-refractivity contribution is -0.139. The highest BCUT2D eigenvalue weighted by molar-refractivity contribution is 9.10. The van der Waals surface area contributed by atoms with Crippen molar-refractivity contribution < 1.29 is 9.90 Å². The van der Waals surface area contributed by atoms with Gasteiger partial charge in [0.2, 0.25) is 0 Å². The van der Waals surface area contributed by atoms with E-state index >= 15 is 0 Å². The second-order valence-electron chi connectivity index (χ2n) is 4.16. The molecule has 96 valence electrons. The maximum Gasteiger partial charge on any atom is 0.325 e. The largest absolute Gasteiger partial charge is 0.480 e. The lowest BCUT2D eigenvalue weighted by Crippen LogP contribution is -2.28.